The summed E-state index contributed by atoms with van der Waals surface area (Å²) in [6, 6.07) is 10.9. The van der Waals surface area contributed by atoms with Crippen molar-refractivity contribution >= 4 is 10.8 Å². The third-order valence-corrected chi connectivity index (χ3v) is 4.34. The van der Waals surface area contributed by atoms with E-state index in [9.17, 15) is 5.11 Å². The zero-order valence-electron chi connectivity index (χ0n) is 15.3. The Balaban J connectivity index is 2.89. The highest BCUT2D eigenvalue weighted by Gasteiger charge is 2.24. The molecule has 1 nitrogen and oxygen atoms in total. The molecule has 0 aromatic heterocycles. The summed E-state index contributed by atoms with van der Waals surface area (Å²) in [6.45, 7) is 17.2. The van der Waals surface area contributed by atoms with Gasteiger partial charge in [0.2, 0.25) is 0 Å². The largest absolute Gasteiger partial charge is 0.386 e. The molecule has 1 heteroatoms. The van der Waals surface area contributed by atoms with Crippen LogP contribution < -0.4 is 0 Å². The van der Waals surface area contributed by atoms with E-state index in [1.807, 2.05) is 13.8 Å². The molecule has 0 unspecified atom stereocenters. The van der Waals surface area contributed by atoms with Crippen LogP contribution in [0.3, 0.4) is 0 Å². The summed E-state index contributed by atoms with van der Waals surface area (Å²) < 4.78 is 0. The first-order chi connectivity index (χ1) is 9.82. The first-order valence-electron chi connectivity index (χ1n) is 8.12. The maximum absolute atomic E-state index is 10.4. The van der Waals surface area contributed by atoms with E-state index in [1.165, 1.54) is 21.9 Å². The Morgan fingerprint density at radius 3 is 1.50 bits per heavy atom. The van der Waals surface area contributed by atoms with Crippen LogP contribution in [0.25, 0.3) is 10.8 Å². The van der Waals surface area contributed by atoms with E-state index in [4.69, 9.17) is 0 Å². The molecule has 0 amide bonds. The third kappa shape index (κ3) is 3.20. The zero-order chi connectivity index (χ0) is 16.9. The van der Waals surface area contributed by atoms with Crippen LogP contribution >= 0.6 is 0 Å². The van der Waals surface area contributed by atoms with Crippen LogP contribution in [-0.4, -0.2) is 5.11 Å². The number of aliphatic hydroxyl groups is 1. The van der Waals surface area contributed by atoms with Gasteiger partial charge in [-0.3, -0.25) is 0 Å². The summed E-state index contributed by atoms with van der Waals surface area (Å²) in [5.41, 5.74) is 3.02. The van der Waals surface area contributed by atoms with Gasteiger partial charge in [0.05, 0.1) is 5.60 Å². The lowest BCUT2D eigenvalue weighted by atomic mass is 9.77. The summed E-state index contributed by atoms with van der Waals surface area (Å²) in [4.78, 5) is 0. The van der Waals surface area contributed by atoms with E-state index in [2.05, 4.69) is 71.9 Å². The van der Waals surface area contributed by atoms with Crippen molar-refractivity contribution in [2.45, 2.75) is 71.8 Å². The minimum atomic E-state index is -0.818. The summed E-state index contributed by atoms with van der Waals surface area (Å²) in [5, 5.41) is 12.9. The molecular weight excluding hydrogens is 268 g/mol. The average molecular weight is 298 g/mol. The van der Waals surface area contributed by atoms with Gasteiger partial charge >= 0.3 is 0 Å². The molecule has 2 aromatic rings. The first-order valence-corrected chi connectivity index (χ1v) is 8.12. The van der Waals surface area contributed by atoms with Crippen molar-refractivity contribution < 1.29 is 5.11 Å². The van der Waals surface area contributed by atoms with Gasteiger partial charge in [0.1, 0.15) is 0 Å². The van der Waals surface area contributed by atoms with E-state index in [0.717, 1.165) is 5.56 Å². The standard InChI is InChI=1S/C21H30O/c1-19(2,3)17-11-12-18(20(4,5)6)16-13-14(21(7,8)22)9-10-15(16)17/h9-13,22H,1-8H3. The molecule has 1 N–H and O–H groups in total. The third-order valence-electron chi connectivity index (χ3n) is 4.34. The molecule has 0 radical (unpaired) electrons. The van der Waals surface area contributed by atoms with Gasteiger partial charge < -0.3 is 5.11 Å². The van der Waals surface area contributed by atoms with E-state index >= 15 is 0 Å². The SMILES string of the molecule is CC(C)(C)c1ccc(C(C)(C)C)c2cc(C(C)(C)O)ccc12. The van der Waals surface area contributed by atoms with Crippen molar-refractivity contribution in [3.05, 3.63) is 47.0 Å². The molecule has 0 aliphatic carbocycles. The summed E-state index contributed by atoms with van der Waals surface area (Å²) in [5.74, 6) is 0. The smallest absolute Gasteiger partial charge is 0.0840 e. The van der Waals surface area contributed by atoms with Crippen LogP contribution in [0.5, 0.6) is 0 Å². The van der Waals surface area contributed by atoms with E-state index in [0.29, 0.717) is 0 Å². The predicted octanol–water partition coefficient (Wildman–Crippen LogP) is 5.66. The van der Waals surface area contributed by atoms with Crippen molar-refractivity contribution in [2.75, 3.05) is 0 Å². The number of rotatable bonds is 1. The summed E-state index contributed by atoms with van der Waals surface area (Å²) in [7, 11) is 0. The molecule has 0 heterocycles. The van der Waals surface area contributed by atoms with Gasteiger partial charge in [-0.1, -0.05) is 65.8 Å². The van der Waals surface area contributed by atoms with E-state index < -0.39 is 5.60 Å². The predicted molar refractivity (Wildman–Crippen MR) is 96.6 cm³/mol. The van der Waals surface area contributed by atoms with Crippen molar-refractivity contribution in [1.29, 1.82) is 0 Å². The molecule has 0 spiro atoms. The maximum atomic E-state index is 10.4. The molecular formula is C21H30O. The molecule has 2 rings (SSSR count). The number of benzene rings is 2. The van der Waals surface area contributed by atoms with Crippen molar-refractivity contribution in [2.24, 2.45) is 0 Å². The molecule has 0 atom stereocenters. The first kappa shape index (κ1) is 17.0. The van der Waals surface area contributed by atoms with Crippen LogP contribution in [0, 0.1) is 0 Å². The Kier molecular flexibility index (Phi) is 3.94. The minimum Gasteiger partial charge on any atom is -0.386 e. The average Bonchev–Trinajstić information content (AvgIpc) is 2.33. The van der Waals surface area contributed by atoms with E-state index in [1.54, 1.807) is 0 Å². The summed E-state index contributed by atoms with van der Waals surface area (Å²) in [6.07, 6.45) is 0. The molecule has 0 bridgehead atoms. The van der Waals surface area contributed by atoms with Crippen molar-refractivity contribution in [3.63, 3.8) is 0 Å². The number of hydrogen-bond acceptors (Lipinski definition) is 1. The fourth-order valence-corrected chi connectivity index (χ4v) is 3.04. The molecule has 0 aliphatic heterocycles. The lowest BCUT2D eigenvalue weighted by molar-refractivity contribution is 0.0787. The highest BCUT2D eigenvalue weighted by molar-refractivity contribution is 5.91. The van der Waals surface area contributed by atoms with Gasteiger partial charge in [-0.15, -0.1) is 0 Å². The maximum Gasteiger partial charge on any atom is 0.0840 e. The second kappa shape index (κ2) is 5.09. The van der Waals surface area contributed by atoms with Crippen LogP contribution in [0.15, 0.2) is 30.3 Å². The number of fused-ring (bicyclic) bond motifs is 1. The Morgan fingerprint density at radius 2 is 1.09 bits per heavy atom. The quantitative estimate of drug-likeness (QED) is 0.720. The molecule has 120 valence electrons. The molecule has 0 saturated carbocycles. The van der Waals surface area contributed by atoms with Crippen molar-refractivity contribution in [1.82, 2.24) is 0 Å². The van der Waals surface area contributed by atoms with Crippen LogP contribution in [0.4, 0.5) is 0 Å². The monoisotopic (exact) mass is 298 g/mol. The second-order valence-corrected chi connectivity index (χ2v) is 8.98. The Labute approximate surface area is 135 Å². The normalized spacial score (nSPS) is 13.7. The molecule has 0 fully saturated rings. The lowest BCUT2D eigenvalue weighted by Gasteiger charge is -2.28. The Morgan fingerprint density at radius 1 is 0.636 bits per heavy atom. The number of hydrogen-bond donors (Lipinski definition) is 1. The Hall–Kier alpha value is -1.34. The van der Waals surface area contributed by atoms with Crippen molar-refractivity contribution in [3.8, 4) is 0 Å². The van der Waals surface area contributed by atoms with Crippen LogP contribution in [0.1, 0.15) is 72.1 Å². The van der Waals surface area contributed by atoms with Gasteiger partial charge in [0, 0.05) is 0 Å². The topological polar surface area (TPSA) is 20.2 Å². The highest BCUT2D eigenvalue weighted by Crippen LogP contribution is 2.38. The molecule has 0 aliphatic rings. The van der Waals surface area contributed by atoms with Crippen LogP contribution in [-0.2, 0) is 16.4 Å². The summed E-state index contributed by atoms with van der Waals surface area (Å²) >= 11 is 0. The van der Waals surface area contributed by atoms with Gasteiger partial charge in [-0.05, 0) is 58.2 Å². The van der Waals surface area contributed by atoms with Gasteiger partial charge in [-0.25, -0.2) is 0 Å². The van der Waals surface area contributed by atoms with Gasteiger partial charge in [0.25, 0.3) is 0 Å². The van der Waals surface area contributed by atoms with Crippen LogP contribution in [0.2, 0.25) is 0 Å². The lowest BCUT2D eigenvalue weighted by Crippen LogP contribution is -2.18. The highest BCUT2D eigenvalue weighted by atomic mass is 16.3. The fraction of sp³-hybridized carbons (Fsp3) is 0.524. The van der Waals surface area contributed by atoms with Gasteiger partial charge in [0.15, 0.2) is 0 Å². The van der Waals surface area contributed by atoms with Gasteiger partial charge in [-0.2, -0.15) is 0 Å². The Bertz CT molecular complexity index is 689. The molecule has 2 aromatic carbocycles. The second-order valence-electron chi connectivity index (χ2n) is 8.98. The fourth-order valence-electron chi connectivity index (χ4n) is 3.04. The van der Waals surface area contributed by atoms with E-state index in [-0.39, 0.29) is 10.8 Å². The molecule has 0 saturated heterocycles. The minimum absolute atomic E-state index is 0.0763. The zero-order valence-corrected chi connectivity index (χ0v) is 15.3. The molecule has 22 heavy (non-hydrogen) atoms.